The Hall–Kier alpha value is -5.10. The number of halogens is 1. The van der Waals surface area contributed by atoms with E-state index in [-0.39, 0.29) is 24.5 Å². The van der Waals surface area contributed by atoms with Crippen LogP contribution in [-0.2, 0) is 17.9 Å². The SMILES string of the molecule is N#CCn1c(COC(=O)c2cn(-c3ccccc3)nc2-c2ccc(F)cc2)nc2ccccc2c1=O. The number of benzene rings is 3. The highest BCUT2D eigenvalue weighted by Crippen LogP contribution is 2.25. The Kier molecular flexibility index (Phi) is 6.07. The Labute approximate surface area is 204 Å². The summed E-state index contributed by atoms with van der Waals surface area (Å²) in [6.45, 7) is -0.573. The summed E-state index contributed by atoms with van der Waals surface area (Å²) >= 11 is 0. The van der Waals surface area contributed by atoms with Gasteiger partial charge in [-0.25, -0.2) is 18.9 Å². The van der Waals surface area contributed by atoms with E-state index in [2.05, 4.69) is 10.1 Å². The highest BCUT2D eigenvalue weighted by Gasteiger charge is 2.21. The van der Waals surface area contributed by atoms with Gasteiger partial charge in [-0.3, -0.25) is 9.36 Å². The first-order chi connectivity index (χ1) is 17.5. The summed E-state index contributed by atoms with van der Waals surface area (Å²) in [6.07, 6.45) is 1.53. The molecule has 0 radical (unpaired) electrons. The van der Waals surface area contributed by atoms with E-state index in [0.29, 0.717) is 22.2 Å². The normalized spacial score (nSPS) is 10.8. The van der Waals surface area contributed by atoms with Crippen LogP contribution in [0.15, 0.2) is 89.9 Å². The fourth-order valence-corrected chi connectivity index (χ4v) is 3.82. The fourth-order valence-electron chi connectivity index (χ4n) is 3.82. The number of nitrogens with zero attached hydrogens (tertiary/aromatic N) is 5. The summed E-state index contributed by atoms with van der Waals surface area (Å²) < 4.78 is 21.8. The van der Waals surface area contributed by atoms with Crippen LogP contribution in [0.3, 0.4) is 0 Å². The number of hydrogen-bond acceptors (Lipinski definition) is 6. The van der Waals surface area contributed by atoms with Crippen molar-refractivity contribution in [1.29, 1.82) is 5.26 Å². The number of rotatable bonds is 6. The van der Waals surface area contributed by atoms with E-state index in [1.807, 2.05) is 36.4 Å². The number of carbonyl (C=O) groups is 1. The van der Waals surface area contributed by atoms with Crippen LogP contribution < -0.4 is 5.56 Å². The zero-order chi connectivity index (χ0) is 25.1. The van der Waals surface area contributed by atoms with Crippen LogP contribution in [0.1, 0.15) is 16.2 Å². The molecule has 2 heterocycles. The second-order valence-corrected chi connectivity index (χ2v) is 7.85. The molecule has 8 nitrogen and oxygen atoms in total. The van der Waals surface area contributed by atoms with Crippen LogP contribution >= 0.6 is 0 Å². The molecule has 9 heteroatoms. The molecule has 0 amide bonds. The Balaban J connectivity index is 1.51. The van der Waals surface area contributed by atoms with E-state index < -0.39 is 17.3 Å². The summed E-state index contributed by atoms with van der Waals surface area (Å²) in [6, 6.07) is 23.5. The summed E-state index contributed by atoms with van der Waals surface area (Å²) in [5.41, 5.74) is 1.76. The molecule has 0 atom stereocenters. The molecule has 0 aliphatic heterocycles. The highest BCUT2D eigenvalue weighted by atomic mass is 19.1. The van der Waals surface area contributed by atoms with Crippen LogP contribution in [0.2, 0.25) is 0 Å². The maximum atomic E-state index is 13.5. The smallest absolute Gasteiger partial charge is 0.342 e. The van der Waals surface area contributed by atoms with Gasteiger partial charge in [0.15, 0.2) is 5.82 Å². The van der Waals surface area contributed by atoms with Gasteiger partial charge in [-0.05, 0) is 48.5 Å². The first-order valence-electron chi connectivity index (χ1n) is 11.0. The molecule has 36 heavy (non-hydrogen) atoms. The van der Waals surface area contributed by atoms with E-state index in [0.717, 1.165) is 5.69 Å². The molecular formula is C27H18FN5O3. The average Bonchev–Trinajstić information content (AvgIpc) is 3.36. The molecule has 3 aromatic carbocycles. The largest absolute Gasteiger partial charge is 0.454 e. The Bertz CT molecular complexity index is 1670. The van der Waals surface area contributed by atoms with Crippen LogP contribution in [0.5, 0.6) is 0 Å². The average molecular weight is 479 g/mol. The molecular weight excluding hydrogens is 461 g/mol. The molecule has 0 saturated carbocycles. The van der Waals surface area contributed by atoms with E-state index in [4.69, 9.17) is 4.74 Å². The number of fused-ring (bicyclic) bond motifs is 1. The standard InChI is InChI=1S/C27H18FN5O3/c28-19-12-10-18(11-13-19)25-22(16-33(31-25)20-6-2-1-3-7-20)27(35)36-17-24-30-23-9-5-4-8-21(23)26(34)32(24)15-14-29/h1-13,16H,15,17H2. The molecule has 2 aromatic heterocycles. The van der Waals surface area contributed by atoms with Gasteiger partial charge in [-0.15, -0.1) is 0 Å². The molecule has 0 saturated heterocycles. The summed E-state index contributed by atoms with van der Waals surface area (Å²) in [4.78, 5) is 30.5. The molecule has 0 spiro atoms. The van der Waals surface area contributed by atoms with E-state index in [1.165, 1.54) is 39.7 Å². The monoisotopic (exact) mass is 479 g/mol. The van der Waals surface area contributed by atoms with Crippen molar-refractivity contribution in [1.82, 2.24) is 19.3 Å². The third-order valence-corrected chi connectivity index (χ3v) is 5.57. The predicted octanol–water partition coefficient (Wildman–Crippen LogP) is 4.27. The second-order valence-electron chi connectivity index (χ2n) is 7.85. The van der Waals surface area contributed by atoms with Gasteiger partial charge in [-0.2, -0.15) is 10.4 Å². The lowest BCUT2D eigenvalue weighted by Crippen LogP contribution is -2.26. The minimum absolute atomic E-state index is 0.146. The highest BCUT2D eigenvalue weighted by molar-refractivity contribution is 5.96. The van der Waals surface area contributed by atoms with E-state index in [9.17, 15) is 19.2 Å². The fraction of sp³-hybridized carbons (Fsp3) is 0.0741. The Morgan fingerprint density at radius 1 is 1.00 bits per heavy atom. The molecule has 5 aromatic rings. The van der Waals surface area contributed by atoms with Crippen molar-refractivity contribution in [2.75, 3.05) is 0 Å². The van der Waals surface area contributed by atoms with Gasteiger partial charge in [0.05, 0.1) is 22.7 Å². The number of aromatic nitrogens is 4. The molecule has 0 fully saturated rings. The number of carbonyl (C=O) groups excluding carboxylic acids is 1. The molecule has 0 bridgehead atoms. The van der Waals surface area contributed by atoms with Crippen molar-refractivity contribution >= 4 is 16.9 Å². The van der Waals surface area contributed by atoms with Crippen LogP contribution in [-0.4, -0.2) is 25.3 Å². The molecule has 176 valence electrons. The number of esters is 1. The van der Waals surface area contributed by atoms with Crippen molar-refractivity contribution in [3.05, 3.63) is 113 Å². The third-order valence-electron chi connectivity index (χ3n) is 5.57. The zero-order valence-corrected chi connectivity index (χ0v) is 18.8. The van der Waals surface area contributed by atoms with Crippen LogP contribution in [0.4, 0.5) is 4.39 Å². The van der Waals surface area contributed by atoms with Crippen molar-refractivity contribution < 1.29 is 13.9 Å². The van der Waals surface area contributed by atoms with Crippen LogP contribution in [0.25, 0.3) is 27.8 Å². The molecule has 0 N–H and O–H groups in total. The van der Waals surface area contributed by atoms with Gasteiger partial charge in [0, 0.05) is 11.8 Å². The number of nitriles is 1. The summed E-state index contributed by atoms with van der Waals surface area (Å²) in [5, 5.41) is 14.1. The van der Waals surface area contributed by atoms with Crippen molar-refractivity contribution in [3.8, 4) is 23.0 Å². The topological polar surface area (TPSA) is 103 Å². The predicted molar refractivity (Wildman–Crippen MR) is 130 cm³/mol. The van der Waals surface area contributed by atoms with Crippen LogP contribution in [0, 0.1) is 17.1 Å². The lowest BCUT2D eigenvalue weighted by Gasteiger charge is -2.11. The minimum atomic E-state index is -0.706. The van der Waals surface area contributed by atoms with E-state index >= 15 is 0 Å². The first-order valence-corrected chi connectivity index (χ1v) is 11.0. The van der Waals surface area contributed by atoms with Crippen molar-refractivity contribution in [2.45, 2.75) is 13.2 Å². The lowest BCUT2D eigenvalue weighted by atomic mass is 10.1. The maximum Gasteiger partial charge on any atom is 0.342 e. The molecule has 0 aliphatic carbocycles. The van der Waals surface area contributed by atoms with E-state index in [1.54, 1.807) is 24.3 Å². The van der Waals surface area contributed by atoms with Gasteiger partial charge in [0.2, 0.25) is 0 Å². The summed E-state index contributed by atoms with van der Waals surface area (Å²) in [5.74, 6) is -0.974. The van der Waals surface area contributed by atoms with Crippen molar-refractivity contribution in [3.63, 3.8) is 0 Å². The Morgan fingerprint density at radius 2 is 1.72 bits per heavy atom. The molecule has 5 rings (SSSR count). The first kappa shape index (κ1) is 22.7. The van der Waals surface area contributed by atoms with Gasteiger partial charge in [0.25, 0.3) is 5.56 Å². The number of hydrogen-bond donors (Lipinski definition) is 0. The van der Waals surface area contributed by atoms with Gasteiger partial charge in [-0.1, -0.05) is 30.3 Å². The van der Waals surface area contributed by atoms with Gasteiger partial charge >= 0.3 is 5.97 Å². The summed E-state index contributed by atoms with van der Waals surface area (Å²) in [7, 11) is 0. The van der Waals surface area contributed by atoms with Gasteiger partial charge < -0.3 is 4.74 Å². The minimum Gasteiger partial charge on any atom is -0.454 e. The molecule has 0 aliphatic rings. The van der Waals surface area contributed by atoms with Gasteiger partial charge in [0.1, 0.15) is 30.2 Å². The molecule has 0 unspecified atom stereocenters. The third kappa shape index (κ3) is 4.35. The van der Waals surface area contributed by atoms with Crippen molar-refractivity contribution in [2.24, 2.45) is 0 Å². The Morgan fingerprint density at radius 3 is 2.47 bits per heavy atom. The maximum absolute atomic E-state index is 13.5. The number of para-hydroxylation sites is 2. The zero-order valence-electron chi connectivity index (χ0n) is 18.8. The lowest BCUT2D eigenvalue weighted by molar-refractivity contribution is 0.0458. The number of ether oxygens (including phenoxy) is 1. The second kappa shape index (κ2) is 9.64. The quantitative estimate of drug-likeness (QED) is 0.337.